The van der Waals surface area contributed by atoms with Crippen molar-refractivity contribution in [1.29, 1.82) is 0 Å². The Balaban J connectivity index is 2.42. The van der Waals surface area contributed by atoms with Crippen molar-refractivity contribution < 1.29 is 19.7 Å². The number of rotatable bonds is 2. The van der Waals surface area contributed by atoms with Gasteiger partial charge in [0.2, 0.25) is 0 Å². The first-order valence-electron chi connectivity index (χ1n) is 7.16. The molecular formula is C15H24O4. The fraction of sp³-hybridized carbons (Fsp3) is 0.867. The van der Waals surface area contributed by atoms with E-state index in [-0.39, 0.29) is 35.2 Å². The highest BCUT2D eigenvalue weighted by Gasteiger charge is 2.60. The van der Waals surface area contributed by atoms with Crippen molar-refractivity contribution in [2.75, 3.05) is 0 Å². The Morgan fingerprint density at radius 2 is 2.00 bits per heavy atom. The third-order valence-corrected chi connectivity index (χ3v) is 5.73. The third kappa shape index (κ3) is 1.96. The summed E-state index contributed by atoms with van der Waals surface area (Å²) in [5.41, 5.74) is -1.40. The zero-order chi connectivity index (χ0) is 14.4. The Hall–Kier alpha value is -0.740. The van der Waals surface area contributed by atoms with Crippen LogP contribution in [0.15, 0.2) is 0 Å². The van der Waals surface area contributed by atoms with Crippen LogP contribution in [0.4, 0.5) is 0 Å². The predicted octanol–water partition coefficient (Wildman–Crippen LogP) is 2.86. The Bertz CT molecular complexity index is 403. The first-order chi connectivity index (χ1) is 8.78. The molecule has 0 saturated heterocycles. The first kappa shape index (κ1) is 14.7. The minimum Gasteiger partial charge on any atom is -0.299 e. The summed E-state index contributed by atoms with van der Waals surface area (Å²) in [4.78, 5) is 29.2. The van der Waals surface area contributed by atoms with Crippen LogP contribution in [0.1, 0.15) is 53.4 Å². The van der Waals surface area contributed by atoms with Gasteiger partial charge in [0.25, 0.3) is 0 Å². The lowest BCUT2D eigenvalue weighted by Crippen LogP contribution is -2.60. The lowest BCUT2D eigenvalue weighted by atomic mass is 9.51. The molecule has 0 aromatic heterocycles. The van der Waals surface area contributed by atoms with E-state index in [1.807, 2.05) is 13.8 Å². The largest absolute Gasteiger partial charge is 0.299 e. The molecule has 0 spiro atoms. The summed E-state index contributed by atoms with van der Waals surface area (Å²) in [5.74, 6) is 0.119. The molecule has 0 aliphatic heterocycles. The molecular weight excluding hydrogens is 244 g/mol. The summed E-state index contributed by atoms with van der Waals surface area (Å²) in [6.07, 6.45) is 2.08. The molecule has 2 aliphatic carbocycles. The number of hydrogen-bond donors (Lipinski definition) is 1. The maximum absolute atomic E-state index is 12.4. The highest BCUT2D eigenvalue weighted by molar-refractivity contribution is 5.95. The monoisotopic (exact) mass is 268 g/mol. The number of Topliss-reactive ketones (excluding diaryl/α,β-unsaturated/α-hetero) is 2. The number of carbonyl (C=O) groups excluding carboxylic acids is 2. The molecule has 4 atom stereocenters. The zero-order valence-electron chi connectivity index (χ0n) is 12.2. The fourth-order valence-electron chi connectivity index (χ4n) is 3.96. The van der Waals surface area contributed by atoms with E-state index in [4.69, 9.17) is 0 Å². The summed E-state index contributed by atoms with van der Waals surface area (Å²) < 4.78 is 0. The summed E-state index contributed by atoms with van der Waals surface area (Å²) in [6, 6.07) is 0. The molecule has 0 unspecified atom stereocenters. The fourth-order valence-corrected chi connectivity index (χ4v) is 3.96. The van der Waals surface area contributed by atoms with Gasteiger partial charge in [0.05, 0.1) is 0 Å². The molecule has 4 nitrogen and oxygen atoms in total. The second kappa shape index (κ2) is 4.67. The number of hydrogen-bond acceptors (Lipinski definition) is 4. The zero-order valence-corrected chi connectivity index (χ0v) is 12.2. The van der Waals surface area contributed by atoms with Crippen molar-refractivity contribution in [3.8, 4) is 0 Å². The van der Waals surface area contributed by atoms with Gasteiger partial charge in [-0.2, -0.15) is 0 Å². The molecule has 2 saturated carbocycles. The highest BCUT2D eigenvalue weighted by atomic mass is 17.1. The van der Waals surface area contributed by atoms with Crippen LogP contribution in [-0.4, -0.2) is 22.4 Å². The molecule has 2 rings (SSSR count). The molecule has 0 aromatic rings. The van der Waals surface area contributed by atoms with Gasteiger partial charge in [-0.1, -0.05) is 27.7 Å². The maximum Gasteiger partial charge on any atom is 0.168 e. The molecule has 0 radical (unpaired) electrons. The lowest BCUT2D eigenvalue weighted by molar-refractivity contribution is -0.335. The molecule has 2 aliphatic rings. The van der Waals surface area contributed by atoms with Crippen LogP contribution >= 0.6 is 0 Å². The van der Waals surface area contributed by atoms with Gasteiger partial charge in [-0.05, 0) is 30.1 Å². The van der Waals surface area contributed by atoms with E-state index in [2.05, 4.69) is 18.7 Å². The Morgan fingerprint density at radius 1 is 1.37 bits per heavy atom. The molecule has 0 bridgehead atoms. The minimum absolute atomic E-state index is 0.105. The van der Waals surface area contributed by atoms with E-state index >= 15 is 0 Å². The average Bonchev–Trinajstić information content (AvgIpc) is 2.36. The first-order valence-corrected chi connectivity index (χ1v) is 7.16. The average molecular weight is 268 g/mol. The number of ketones is 2. The van der Waals surface area contributed by atoms with Crippen LogP contribution in [0.2, 0.25) is 0 Å². The van der Waals surface area contributed by atoms with E-state index in [1.165, 1.54) is 0 Å². The molecule has 108 valence electrons. The van der Waals surface area contributed by atoms with E-state index in [9.17, 15) is 14.8 Å². The van der Waals surface area contributed by atoms with E-state index in [0.29, 0.717) is 18.8 Å². The van der Waals surface area contributed by atoms with Crippen LogP contribution in [0.3, 0.4) is 0 Å². The van der Waals surface area contributed by atoms with E-state index in [0.717, 1.165) is 6.42 Å². The van der Waals surface area contributed by atoms with Gasteiger partial charge >= 0.3 is 0 Å². The second-order valence-electron chi connectivity index (χ2n) is 6.90. The van der Waals surface area contributed by atoms with Crippen LogP contribution in [0, 0.1) is 23.2 Å². The summed E-state index contributed by atoms with van der Waals surface area (Å²) in [6.45, 7) is 7.97. The molecule has 2 fully saturated rings. The lowest BCUT2D eigenvalue weighted by Gasteiger charge is -2.53. The molecule has 0 heterocycles. The molecule has 19 heavy (non-hydrogen) atoms. The quantitative estimate of drug-likeness (QED) is 0.618. The number of carbonyl (C=O) groups is 2. The Kier molecular flexibility index (Phi) is 3.60. The van der Waals surface area contributed by atoms with Crippen LogP contribution < -0.4 is 0 Å². The maximum atomic E-state index is 12.4. The van der Waals surface area contributed by atoms with Crippen molar-refractivity contribution in [2.45, 2.75) is 59.0 Å². The summed E-state index contributed by atoms with van der Waals surface area (Å²) in [5, 5.41) is 9.33. The van der Waals surface area contributed by atoms with Gasteiger partial charge in [0, 0.05) is 18.8 Å². The van der Waals surface area contributed by atoms with E-state index in [1.54, 1.807) is 0 Å². The van der Waals surface area contributed by atoms with Crippen molar-refractivity contribution in [3.63, 3.8) is 0 Å². The number of fused-ring (bicyclic) bond motifs is 1. The van der Waals surface area contributed by atoms with Crippen molar-refractivity contribution >= 4 is 11.6 Å². The normalized spacial score (nSPS) is 43.5. The van der Waals surface area contributed by atoms with Gasteiger partial charge < -0.3 is 0 Å². The van der Waals surface area contributed by atoms with Crippen LogP contribution in [-0.2, 0) is 14.5 Å². The minimum atomic E-state index is -1.14. The molecule has 0 aromatic carbocycles. The summed E-state index contributed by atoms with van der Waals surface area (Å²) in [7, 11) is 0. The predicted molar refractivity (Wildman–Crippen MR) is 70.5 cm³/mol. The Labute approximate surface area is 114 Å². The smallest absolute Gasteiger partial charge is 0.168 e. The van der Waals surface area contributed by atoms with Gasteiger partial charge in [0.1, 0.15) is 5.78 Å². The van der Waals surface area contributed by atoms with E-state index < -0.39 is 5.60 Å². The van der Waals surface area contributed by atoms with Gasteiger partial charge in [-0.3, -0.25) is 14.8 Å². The summed E-state index contributed by atoms with van der Waals surface area (Å²) >= 11 is 0. The standard InChI is InChI=1S/C15H24O4/c1-9(2)15(19-18)8-14(4)10(3)5-6-12(16)11(14)7-13(15)17/h9-11,18H,5-8H2,1-4H3/t10-,11+,14+,15-/m0/s1. The van der Waals surface area contributed by atoms with Crippen molar-refractivity contribution in [1.82, 2.24) is 0 Å². The topological polar surface area (TPSA) is 63.6 Å². The molecule has 1 N–H and O–H groups in total. The Morgan fingerprint density at radius 3 is 2.53 bits per heavy atom. The second-order valence-corrected chi connectivity index (χ2v) is 6.90. The van der Waals surface area contributed by atoms with Gasteiger partial charge in [0.15, 0.2) is 11.4 Å². The van der Waals surface area contributed by atoms with Crippen molar-refractivity contribution in [2.24, 2.45) is 23.2 Å². The van der Waals surface area contributed by atoms with Crippen molar-refractivity contribution in [3.05, 3.63) is 0 Å². The molecule has 4 heteroatoms. The van der Waals surface area contributed by atoms with Gasteiger partial charge in [-0.15, -0.1) is 0 Å². The van der Waals surface area contributed by atoms with Gasteiger partial charge in [-0.25, -0.2) is 4.89 Å². The van der Waals surface area contributed by atoms with Crippen LogP contribution in [0.5, 0.6) is 0 Å². The SMILES string of the molecule is CC(C)[C@@]1(OO)C[C@@]2(C)[C@H](CC1=O)C(=O)CC[C@@H]2C. The molecule has 0 amide bonds. The van der Waals surface area contributed by atoms with Crippen LogP contribution in [0.25, 0.3) is 0 Å². The highest BCUT2D eigenvalue weighted by Crippen LogP contribution is 2.55. The third-order valence-electron chi connectivity index (χ3n) is 5.73.